The minimum absolute atomic E-state index is 0.707. The second-order valence-electron chi connectivity index (χ2n) is 2.80. The van der Waals surface area contributed by atoms with E-state index in [1.54, 1.807) is 6.92 Å². The number of hydrogen-bond acceptors (Lipinski definition) is 2. The summed E-state index contributed by atoms with van der Waals surface area (Å²) in [6.07, 6.45) is 1.44. The molecule has 0 saturated carbocycles. The highest BCUT2D eigenvalue weighted by Gasteiger charge is 2.08. The fourth-order valence-corrected chi connectivity index (χ4v) is 1.17. The fourth-order valence-electron chi connectivity index (χ4n) is 1.17. The first-order chi connectivity index (χ1) is 6.27. The van der Waals surface area contributed by atoms with E-state index in [1.165, 1.54) is 11.0 Å². The van der Waals surface area contributed by atoms with Gasteiger partial charge in [0.1, 0.15) is 5.69 Å². The molecule has 0 amide bonds. The predicted molar refractivity (Wildman–Crippen MR) is 47.3 cm³/mol. The van der Waals surface area contributed by atoms with Gasteiger partial charge in [0, 0.05) is 12.0 Å². The molecule has 0 spiro atoms. The summed E-state index contributed by atoms with van der Waals surface area (Å²) in [6, 6.07) is 9.30. The van der Waals surface area contributed by atoms with Gasteiger partial charge in [0.05, 0.1) is 0 Å². The van der Waals surface area contributed by atoms with Gasteiger partial charge in [-0.1, -0.05) is 18.2 Å². The smallest absolute Gasteiger partial charge is 0.216 e. The summed E-state index contributed by atoms with van der Waals surface area (Å²) in [5, 5.41) is 15.3. The highest BCUT2D eigenvalue weighted by atomic mass is 16.5. The summed E-state index contributed by atoms with van der Waals surface area (Å²) in [6.45, 7) is 1.79. The SMILES string of the molecule is Cc1c[n+]([O-])n(-c2ccccc2)n1. The Morgan fingerprint density at radius 1 is 1.31 bits per heavy atom. The number of hydrogen-bond donors (Lipinski definition) is 0. The van der Waals surface area contributed by atoms with E-state index in [9.17, 15) is 5.21 Å². The quantitative estimate of drug-likeness (QED) is 0.475. The molecule has 66 valence electrons. The normalized spacial score (nSPS) is 10.2. The molecule has 0 saturated heterocycles. The van der Waals surface area contributed by atoms with Crippen LogP contribution in [-0.4, -0.2) is 9.90 Å². The Hall–Kier alpha value is -1.84. The molecule has 1 heterocycles. The number of benzene rings is 1. The first-order valence-electron chi connectivity index (χ1n) is 3.99. The molecular formula is C9H9N3O. The average Bonchev–Trinajstić information content (AvgIpc) is 2.47. The Labute approximate surface area is 75.6 Å². The van der Waals surface area contributed by atoms with Crippen LogP contribution in [0, 0.1) is 12.1 Å². The maximum Gasteiger partial charge on any atom is 0.216 e. The molecule has 0 N–H and O–H groups in total. The summed E-state index contributed by atoms with van der Waals surface area (Å²) < 4.78 is 0. The van der Waals surface area contributed by atoms with Crippen LogP contribution in [0.15, 0.2) is 36.5 Å². The van der Waals surface area contributed by atoms with Gasteiger partial charge in [0.25, 0.3) is 0 Å². The standard InChI is InChI=1S/C9H9N3O/c1-8-7-11(13)12(10-8)9-5-3-2-4-6-9/h2-7H,1H3. The first-order valence-corrected chi connectivity index (χ1v) is 3.99. The maximum absolute atomic E-state index is 11.3. The highest BCUT2D eigenvalue weighted by molar-refractivity contribution is 5.27. The average molecular weight is 175 g/mol. The van der Waals surface area contributed by atoms with E-state index >= 15 is 0 Å². The minimum Gasteiger partial charge on any atom is -0.692 e. The summed E-state index contributed by atoms with van der Waals surface area (Å²) in [5.74, 6) is 0. The van der Waals surface area contributed by atoms with Crippen molar-refractivity contribution in [2.75, 3.05) is 0 Å². The molecule has 0 aliphatic rings. The van der Waals surface area contributed by atoms with Crippen molar-refractivity contribution in [2.24, 2.45) is 0 Å². The summed E-state index contributed by atoms with van der Waals surface area (Å²) in [7, 11) is 0. The second-order valence-corrected chi connectivity index (χ2v) is 2.80. The molecule has 2 rings (SSSR count). The van der Waals surface area contributed by atoms with E-state index in [0.717, 1.165) is 5.69 Å². The third kappa shape index (κ3) is 1.38. The number of aryl methyl sites for hydroxylation is 1. The van der Waals surface area contributed by atoms with E-state index in [-0.39, 0.29) is 0 Å². The molecule has 0 radical (unpaired) electrons. The minimum atomic E-state index is 0.707. The zero-order valence-electron chi connectivity index (χ0n) is 7.21. The van der Waals surface area contributed by atoms with Crippen LogP contribution < -0.4 is 4.85 Å². The number of rotatable bonds is 1. The lowest BCUT2D eigenvalue weighted by atomic mass is 10.3. The summed E-state index contributed by atoms with van der Waals surface area (Å²) in [4.78, 5) is 2.03. The molecule has 0 aliphatic heterocycles. The largest absolute Gasteiger partial charge is 0.692 e. The van der Waals surface area contributed by atoms with Crippen LogP contribution in [-0.2, 0) is 0 Å². The molecule has 4 heteroatoms. The first kappa shape index (κ1) is 7.79. The van der Waals surface area contributed by atoms with Gasteiger partial charge in [0.15, 0.2) is 6.20 Å². The van der Waals surface area contributed by atoms with Crippen molar-refractivity contribution in [1.29, 1.82) is 0 Å². The molecular weight excluding hydrogens is 166 g/mol. The van der Waals surface area contributed by atoms with Crippen LogP contribution >= 0.6 is 0 Å². The van der Waals surface area contributed by atoms with Gasteiger partial charge in [-0.3, -0.25) is 0 Å². The van der Waals surface area contributed by atoms with E-state index < -0.39 is 0 Å². The maximum atomic E-state index is 11.3. The van der Waals surface area contributed by atoms with Gasteiger partial charge >= 0.3 is 0 Å². The Balaban J connectivity index is 2.53. The number of para-hydroxylation sites is 1. The zero-order valence-corrected chi connectivity index (χ0v) is 7.21. The molecule has 13 heavy (non-hydrogen) atoms. The monoisotopic (exact) mass is 175 g/mol. The van der Waals surface area contributed by atoms with Gasteiger partial charge in [-0.05, 0) is 16.9 Å². The zero-order chi connectivity index (χ0) is 9.26. The van der Waals surface area contributed by atoms with Gasteiger partial charge in [-0.2, -0.15) is 4.85 Å². The van der Waals surface area contributed by atoms with Crippen LogP contribution in [0.4, 0.5) is 0 Å². The Kier molecular flexibility index (Phi) is 1.73. The highest BCUT2D eigenvalue weighted by Crippen LogP contribution is 2.01. The molecule has 0 aliphatic carbocycles. The Morgan fingerprint density at radius 2 is 2.00 bits per heavy atom. The van der Waals surface area contributed by atoms with Crippen molar-refractivity contribution < 1.29 is 4.85 Å². The van der Waals surface area contributed by atoms with Gasteiger partial charge in [-0.25, -0.2) is 0 Å². The van der Waals surface area contributed by atoms with Crippen LogP contribution in [0.3, 0.4) is 0 Å². The lowest BCUT2D eigenvalue weighted by molar-refractivity contribution is -0.688. The molecule has 0 unspecified atom stereocenters. The molecule has 4 nitrogen and oxygen atoms in total. The van der Waals surface area contributed by atoms with Crippen LogP contribution in [0.2, 0.25) is 0 Å². The molecule has 1 aromatic heterocycles. The summed E-state index contributed by atoms with van der Waals surface area (Å²) >= 11 is 0. The molecule has 1 aromatic carbocycles. The van der Waals surface area contributed by atoms with Crippen molar-refractivity contribution in [1.82, 2.24) is 9.90 Å². The molecule has 0 fully saturated rings. The van der Waals surface area contributed by atoms with Crippen LogP contribution in [0.5, 0.6) is 0 Å². The van der Waals surface area contributed by atoms with Crippen molar-refractivity contribution in [2.45, 2.75) is 6.92 Å². The number of nitrogens with zero attached hydrogens (tertiary/aromatic N) is 3. The third-order valence-electron chi connectivity index (χ3n) is 1.72. The van der Waals surface area contributed by atoms with Crippen molar-refractivity contribution in [3.05, 3.63) is 47.4 Å². The molecule has 0 atom stereocenters. The second kappa shape index (κ2) is 2.90. The Bertz CT molecular complexity index is 408. The number of aromatic nitrogens is 3. The van der Waals surface area contributed by atoms with Crippen LogP contribution in [0.1, 0.15) is 5.69 Å². The van der Waals surface area contributed by atoms with Gasteiger partial charge in [-0.15, -0.1) is 0 Å². The van der Waals surface area contributed by atoms with Crippen molar-refractivity contribution >= 4 is 0 Å². The topological polar surface area (TPSA) is 44.8 Å². The van der Waals surface area contributed by atoms with Gasteiger partial charge in [0.2, 0.25) is 5.69 Å². The lowest BCUT2D eigenvalue weighted by Gasteiger charge is -2.01. The molecule has 0 bridgehead atoms. The van der Waals surface area contributed by atoms with E-state index in [2.05, 4.69) is 5.10 Å². The summed E-state index contributed by atoms with van der Waals surface area (Å²) in [5.41, 5.74) is 1.48. The third-order valence-corrected chi connectivity index (χ3v) is 1.72. The Morgan fingerprint density at radius 3 is 2.54 bits per heavy atom. The van der Waals surface area contributed by atoms with E-state index in [0.29, 0.717) is 10.5 Å². The predicted octanol–water partition coefficient (Wildman–Crippen LogP) is 0.814. The molecule has 2 aromatic rings. The van der Waals surface area contributed by atoms with E-state index in [4.69, 9.17) is 0 Å². The van der Waals surface area contributed by atoms with Crippen molar-refractivity contribution in [3.8, 4) is 5.69 Å². The lowest BCUT2D eigenvalue weighted by Crippen LogP contribution is -2.36. The van der Waals surface area contributed by atoms with E-state index in [1.807, 2.05) is 30.3 Å². The van der Waals surface area contributed by atoms with Gasteiger partial charge < -0.3 is 5.21 Å². The fraction of sp³-hybridized carbons (Fsp3) is 0.111. The van der Waals surface area contributed by atoms with Crippen molar-refractivity contribution in [3.63, 3.8) is 0 Å². The van der Waals surface area contributed by atoms with Crippen LogP contribution in [0.25, 0.3) is 5.69 Å².